The Balaban J connectivity index is 0.00000178. The van der Waals surface area contributed by atoms with E-state index in [1.54, 1.807) is 12.3 Å². The van der Waals surface area contributed by atoms with Gasteiger partial charge in [0, 0.05) is 0 Å². The highest BCUT2D eigenvalue weighted by Gasteiger charge is 2.02. The summed E-state index contributed by atoms with van der Waals surface area (Å²) >= 11 is 6.74. The summed E-state index contributed by atoms with van der Waals surface area (Å²) in [6, 6.07) is 9.91. The van der Waals surface area contributed by atoms with Crippen LogP contribution in [0, 0.1) is 0 Å². The molecule has 1 rings (SSSR count). The molecule has 0 amide bonds. The van der Waals surface area contributed by atoms with Crippen LogP contribution in [0.25, 0.3) is 0 Å². The van der Waals surface area contributed by atoms with E-state index in [2.05, 4.69) is 41.5 Å². The number of halogens is 1. The first-order valence-corrected chi connectivity index (χ1v) is 9.37. The minimum Gasteiger partial charge on any atom is -0.492 e. The van der Waals surface area contributed by atoms with Gasteiger partial charge in [-0.1, -0.05) is 57.2 Å². The molecule has 6 heteroatoms. The quantitative estimate of drug-likeness (QED) is 0.181. The highest BCUT2D eigenvalue weighted by molar-refractivity contribution is 7.99. The lowest BCUT2D eigenvalue weighted by Gasteiger charge is -2.05. The summed E-state index contributed by atoms with van der Waals surface area (Å²) < 4.78 is 9.73. The highest BCUT2D eigenvalue weighted by atomic mass is 35.5. The topological polar surface area (TPSA) is 46.3 Å². The summed E-state index contributed by atoms with van der Waals surface area (Å²) in [6.45, 7) is 13.7. The summed E-state index contributed by atoms with van der Waals surface area (Å²) in [5, 5.41) is 0.332. The van der Waals surface area contributed by atoms with E-state index in [1.165, 1.54) is 18.4 Å². The van der Waals surface area contributed by atoms with E-state index in [1.807, 2.05) is 37.3 Å². The number of rotatable bonds is 8. The van der Waals surface area contributed by atoms with E-state index < -0.39 is 0 Å². The van der Waals surface area contributed by atoms with Gasteiger partial charge in [-0.25, -0.2) is 9.98 Å². The molecule has 0 saturated carbocycles. The molecule has 0 N–H and O–H groups in total. The van der Waals surface area contributed by atoms with Crippen LogP contribution >= 0.6 is 23.5 Å². The van der Waals surface area contributed by atoms with Crippen LogP contribution in [0.3, 0.4) is 0 Å². The van der Waals surface area contributed by atoms with E-state index in [0.29, 0.717) is 29.1 Å². The Bertz CT molecular complexity index is 598. The number of hydrogen-bond acceptors (Lipinski definition) is 4. The number of allylic oxidation sites excluding steroid dienone is 1. The van der Waals surface area contributed by atoms with Gasteiger partial charge < -0.3 is 4.74 Å². The molecule has 0 fully saturated rings. The summed E-state index contributed by atoms with van der Waals surface area (Å²) in [5.41, 5.74) is 1.60. The predicted molar refractivity (Wildman–Crippen MR) is 114 cm³/mol. The number of ether oxygens (including phenoxy) is 1. The molecule has 0 aliphatic heterocycles. The fourth-order valence-electron chi connectivity index (χ4n) is 1.41. The minimum absolute atomic E-state index is 0.332. The Hall–Kier alpha value is -1.85. The number of nitrogens with zero attached hydrogens (tertiary/aromatic N) is 3. The largest absolute Gasteiger partial charge is 0.492 e. The lowest BCUT2D eigenvalue weighted by molar-refractivity contribution is 0.200. The van der Waals surface area contributed by atoms with Gasteiger partial charge in [0.05, 0.1) is 11.4 Å². The van der Waals surface area contributed by atoms with Crippen molar-refractivity contribution in [2.45, 2.75) is 33.8 Å². The van der Waals surface area contributed by atoms with Crippen LogP contribution in [0.4, 0.5) is 0 Å². The zero-order chi connectivity index (χ0) is 18.9. The molecule has 0 aliphatic carbocycles. The smallest absolute Gasteiger partial charge is 0.185 e. The third kappa shape index (κ3) is 11.3. The van der Waals surface area contributed by atoms with Crippen molar-refractivity contribution in [3.63, 3.8) is 0 Å². The van der Waals surface area contributed by atoms with Gasteiger partial charge in [-0.2, -0.15) is 4.40 Å². The zero-order valence-electron chi connectivity index (χ0n) is 15.1. The van der Waals surface area contributed by atoms with Gasteiger partial charge in [-0.15, -0.1) is 11.6 Å². The van der Waals surface area contributed by atoms with Crippen molar-refractivity contribution < 1.29 is 4.74 Å². The molecule has 0 spiro atoms. The van der Waals surface area contributed by atoms with E-state index in [4.69, 9.17) is 16.3 Å². The van der Waals surface area contributed by atoms with Crippen molar-refractivity contribution in [1.29, 1.82) is 0 Å². The molecular weight excluding hydrogens is 354 g/mol. The molecule has 25 heavy (non-hydrogen) atoms. The summed E-state index contributed by atoms with van der Waals surface area (Å²) in [5.74, 6) is 1.06. The molecule has 1 aromatic carbocycles. The number of hydrogen-bond donors (Lipinski definition) is 0. The second-order valence-corrected chi connectivity index (χ2v) is 6.06. The second-order valence-electron chi connectivity index (χ2n) is 4.75. The van der Waals surface area contributed by atoms with E-state index in [0.717, 1.165) is 5.56 Å². The number of amidine groups is 1. The third-order valence-corrected chi connectivity index (χ3v) is 3.16. The summed E-state index contributed by atoms with van der Waals surface area (Å²) in [7, 11) is 0. The van der Waals surface area contributed by atoms with Gasteiger partial charge in [0.15, 0.2) is 5.84 Å². The molecule has 0 atom stereocenters. The number of benzene rings is 1. The zero-order valence-corrected chi connectivity index (χ0v) is 16.7. The molecule has 0 aromatic heterocycles. The first-order valence-electron chi connectivity index (χ1n) is 7.89. The van der Waals surface area contributed by atoms with Gasteiger partial charge in [-0.3, -0.25) is 0 Å². The highest BCUT2D eigenvalue weighted by Crippen LogP contribution is 2.08. The van der Waals surface area contributed by atoms with Crippen molar-refractivity contribution in [2.24, 2.45) is 14.4 Å². The predicted octanol–water partition coefficient (Wildman–Crippen LogP) is 6.05. The molecule has 136 valence electrons. The first kappa shape index (κ1) is 23.1. The van der Waals surface area contributed by atoms with Crippen LogP contribution in [-0.4, -0.2) is 23.5 Å². The lowest BCUT2D eigenvalue weighted by Crippen LogP contribution is -2.07. The van der Waals surface area contributed by atoms with E-state index in [9.17, 15) is 0 Å². The Morgan fingerprint density at radius 2 is 1.92 bits per heavy atom. The van der Waals surface area contributed by atoms with Crippen LogP contribution in [-0.2, 0) is 11.3 Å². The van der Waals surface area contributed by atoms with Crippen molar-refractivity contribution in [3.05, 3.63) is 60.5 Å². The molecule has 0 bridgehead atoms. The van der Waals surface area contributed by atoms with Crippen LogP contribution in [0.15, 0.2) is 69.3 Å². The van der Waals surface area contributed by atoms with Crippen LogP contribution in [0.5, 0.6) is 0 Å². The van der Waals surface area contributed by atoms with Gasteiger partial charge in [0.1, 0.15) is 18.1 Å². The fourth-order valence-corrected chi connectivity index (χ4v) is 1.88. The maximum absolute atomic E-state index is 5.62. The van der Waals surface area contributed by atoms with Gasteiger partial charge in [-0.05, 0) is 37.2 Å². The molecule has 0 unspecified atom stereocenters. The molecule has 0 radical (unpaired) electrons. The number of alkyl halides is 1. The van der Waals surface area contributed by atoms with Crippen molar-refractivity contribution in [3.8, 4) is 0 Å². The average molecular weight is 380 g/mol. The minimum atomic E-state index is 0.332. The van der Waals surface area contributed by atoms with Crippen molar-refractivity contribution in [2.75, 3.05) is 5.21 Å². The monoisotopic (exact) mass is 379 g/mol. The third-order valence-electron chi connectivity index (χ3n) is 2.47. The van der Waals surface area contributed by atoms with Crippen molar-refractivity contribution in [1.82, 2.24) is 0 Å². The SMILES string of the molecule is C=CC(=N/C=C(\C)OCc1ccccc1)/C(N=C)=N/SCCl.CCC. The van der Waals surface area contributed by atoms with E-state index >= 15 is 0 Å². The molecule has 0 heterocycles. The summed E-state index contributed by atoms with van der Waals surface area (Å²) in [6.07, 6.45) is 4.41. The molecule has 4 nitrogen and oxygen atoms in total. The van der Waals surface area contributed by atoms with Gasteiger partial charge in [0.25, 0.3) is 0 Å². The van der Waals surface area contributed by atoms with Crippen LogP contribution < -0.4 is 0 Å². The maximum atomic E-state index is 5.62. The maximum Gasteiger partial charge on any atom is 0.185 e. The Labute approximate surface area is 160 Å². The summed E-state index contributed by atoms with van der Waals surface area (Å²) in [4.78, 5) is 8.09. The Morgan fingerprint density at radius 1 is 1.28 bits per heavy atom. The molecule has 0 aliphatic rings. The van der Waals surface area contributed by atoms with Gasteiger partial charge in [0.2, 0.25) is 0 Å². The Morgan fingerprint density at radius 3 is 2.44 bits per heavy atom. The van der Waals surface area contributed by atoms with Crippen LogP contribution in [0.1, 0.15) is 32.8 Å². The fraction of sp³-hybridized carbons (Fsp3) is 0.316. The van der Waals surface area contributed by atoms with Crippen LogP contribution in [0.2, 0.25) is 0 Å². The second kappa shape index (κ2) is 15.7. The van der Waals surface area contributed by atoms with E-state index in [-0.39, 0.29) is 0 Å². The first-order chi connectivity index (χ1) is 12.1. The normalized spacial score (nSPS) is 12.1. The number of aliphatic imine (C=N–C) groups is 2. The lowest BCUT2D eigenvalue weighted by atomic mass is 10.2. The standard InChI is InChI=1S/C16H18ClN3OS.C3H8/c1-4-15(16(18-3)20-22-12-17)19-10-13(2)21-11-14-8-6-5-7-9-14;1-3-2/h4-10H,1,3,11-12H2,2H3;3H2,1-2H3/b13-10+,19-15-,20-16-;. The van der Waals surface area contributed by atoms with Crippen molar-refractivity contribution >= 4 is 41.8 Å². The van der Waals surface area contributed by atoms with Gasteiger partial charge >= 0.3 is 0 Å². The molecule has 1 aromatic rings. The molecular formula is C19H26ClN3OS. The average Bonchev–Trinajstić information content (AvgIpc) is 2.64. The molecule has 0 saturated heterocycles. The Kier molecular flexibility index (Phi) is 14.5.